The van der Waals surface area contributed by atoms with Crippen molar-refractivity contribution < 1.29 is 13.9 Å². The van der Waals surface area contributed by atoms with Crippen LogP contribution in [0.3, 0.4) is 0 Å². The van der Waals surface area contributed by atoms with Crippen LogP contribution in [-0.4, -0.2) is 32.4 Å². The number of rotatable bonds is 4. The summed E-state index contributed by atoms with van der Waals surface area (Å²) in [6.07, 6.45) is 3.31. The Hall–Kier alpha value is -1.47. The van der Waals surface area contributed by atoms with Crippen molar-refractivity contribution in [3.63, 3.8) is 0 Å². The van der Waals surface area contributed by atoms with Crippen LogP contribution in [0, 0.1) is 5.82 Å². The van der Waals surface area contributed by atoms with Gasteiger partial charge in [-0.2, -0.15) is 0 Å². The van der Waals surface area contributed by atoms with Gasteiger partial charge in [0, 0.05) is 56.4 Å². The third-order valence-electron chi connectivity index (χ3n) is 5.72. The van der Waals surface area contributed by atoms with Crippen molar-refractivity contribution in [2.24, 2.45) is 0 Å². The summed E-state index contributed by atoms with van der Waals surface area (Å²) in [5, 5.41) is 0. The van der Waals surface area contributed by atoms with Crippen molar-refractivity contribution in [2.75, 3.05) is 32.3 Å². The van der Waals surface area contributed by atoms with E-state index in [0.29, 0.717) is 13.2 Å². The number of fused-ring (bicyclic) bond motifs is 1. The molecule has 0 N–H and O–H groups in total. The molecule has 2 aliphatic heterocycles. The van der Waals surface area contributed by atoms with E-state index in [1.165, 1.54) is 5.56 Å². The van der Waals surface area contributed by atoms with Crippen molar-refractivity contribution in [3.05, 3.63) is 53.3 Å². The maximum absolute atomic E-state index is 14.5. The number of anilines is 1. The Bertz CT molecular complexity index is 896. The number of hydrogen-bond donors (Lipinski definition) is 0. The summed E-state index contributed by atoms with van der Waals surface area (Å²) in [5.74, 6) is -0.239. The SMILES string of the molecule is COC1(c2cc(F)cc(Sc3cccc4c3N(C)C(=S)CC4)c2)CCOCC1. The Morgan fingerprint density at radius 2 is 1.96 bits per heavy atom. The first-order chi connectivity index (χ1) is 13.5. The fourth-order valence-corrected chi connectivity index (χ4v) is 5.41. The highest BCUT2D eigenvalue weighted by Crippen LogP contribution is 2.43. The van der Waals surface area contributed by atoms with Crippen molar-refractivity contribution in [1.29, 1.82) is 0 Å². The van der Waals surface area contributed by atoms with Gasteiger partial charge in [0.2, 0.25) is 0 Å². The van der Waals surface area contributed by atoms with Gasteiger partial charge in [0.05, 0.1) is 16.3 Å². The number of para-hydroxylation sites is 1. The van der Waals surface area contributed by atoms with E-state index in [1.54, 1.807) is 31.0 Å². The highest BCUT2D eigenvalue weighted by Gasteiger charge is 2.35. The first kappa shape index (κ1) is 19.8. The van der Waals surface area contributed by atoms with Crippen molar-refractivity contribution in [2.45, 2.75) is 41.1 Å². The van der Waals surface area contributed by atoms with Crippen LogP contribution in [0.5, 0.6) is 0 Å². The third kappa shape index (κ3) is 3.71. The number of benzene rings is 2. The van der Waals surface area contributed by atoms with E-state index in [2.05, 4.69) is 29.2 Å². The van der Waals surface area contributed by atoms with E-state index in [-0.39, 0.29) is 5.82 Å². The lowest BCUT2D eigenvalue weighted by molar-refractivity contribution is -0.0950. The molecule has 28 heavy (non-hydrogen) atoms. The number of hydrogen-bond acceptors (Lipinski definition) is 4. The second-order valence-electron chi connectivity index (χ2n) is 7.31. The Kier molecular flexibility index (Phi) is 5.74. The molecule has 2 aromatic carbocycles. The van der Waals surface area contributed by atoms with Gasteiger partial charge in [-0.15, -0.1) is 0 Å². The minimum Gasteiger partial charge on any atom is -0.381 e. The third-order valence-corrected chi connectivity index (χ3v) is 7.22. The Labute approximate surface area is 175 Å². The maximum Gasteiger partial charge on any atom is 0.124 e. The molecule has 4 rings (SSSR count). The van der Waals surface area contributed by atoms with Crippen LogP contribution in [0.15, 0.2) is 46.2 Å². The average molecular weight is 418 g/mol. The van der Waals surface area contributed by atoms with E-state index in [0.717, 1.165) is 51.7 Å². The number of aryl methyl sites for hydroxylation is 1. The maximum atomic E-state index is 14.5. The quantitative estimate of drug-likeness (QED) is 0.625. The van der Waals surface area contributed by atoms with Crippen LogP contribution in [0.2, 0.25) is 0 Å². The zero-order valence-corrected chi connectivity index (χ0v) is 17.8. The van der Waals surface area contributed by atoms with E-state index < -0.39 is 5.60 Å². The second-order valence-corrected chi connectivity index (χ2v) is 8.89. The Balaban J connectivity index is 1.70. The first-order valence-corrected chi connectivity index (χ1v) is 10.8. The highest BCUT2D eigenvalue weighted by molar-refractivity contribution is 7.99. The molecule has 1 saturated heterocycles. The minimum absolute atomic E-state index is 0.239. The number of ether oxygens (including phenoxy) is 2. The van der Waals surface area contributed by atoms with Gasteiger partial charge >= 0.3 is 0 Å². The van der Waals surface area contributed by atoms with Crippen LogP contribution in [-0.2, 0) is 21.5 Å². The summed E-state index contributed by atoms with van der Waals surface area (Å²) in [6.45, 7) is 1.25. The number of halogens is 1. The molecule has 3 nitrogen and oxygen atoms in total. The van der Waals surface area contributed by atoms with Gasteiger partial charge in [0.15, 0.2) is 0 Å². The molecule has 1 fully saturated rings. The van der Waals surface area contributed by atoms with Gasteiger partial charge in [-0.3, -0.25) is 0 Å². The van der Waals surface area contributed by atoms with Crippen molar-refractivity contribution in [3.8, 4) is 0 Å². The molecule has 0 unspecified atom stereocenters. The molecule has 0 spiro atoms. The number of methoxy groups -OCH3 is 1. The van der Waals surface area contributed by atoms with Gasteiger partial charge in [-0.25, -0.2) is 4.39 Å². The fourth-order valence-electron chi connectivity index (χ4n) is 4.09. The van der Waals surface area contributed by atoms with Gasteiger partial charge in [0.1, 0.15) is 5.82 Å². The van der Waals surface area contributed by atoms with E-state index in [1.807, 2.05) is 7.05 Å². The lowest BCUT2D eigenvalue weighted by atomic mass is 9.86. The van der Waals surface area contributed by atoms with Crippen LogP contribution >= 0.6 is 24.0 Å². The Morgan fingerprint density at radius 3 is 2.71 bits per heavy atom. The molecule has 2 heterocycles. The summed E-state index contributed by atoms with van der Waals surface area (Å²) in [4.78, 5) is 5.00. The summed E-state index contributed by atoms with van der Waals surface area (Å²) >= 11 is 7.10. The van der Waals surface area contributed by atoms with Gasteiger partial charge < -0.3 is 14.4 Å². The molecule has 0 aromatic heterocycles. The van der Waals surface area contributed by atoms with Crippen LogP contribution in [0.1, 0.15) is 30.4 Å². The predicted molar refractivity (Wildman–Crippen MR) is 115 cm³/mol. The van der Waals surface area contributed by atoms with E-state index in [9.17, 15) is 4.39 Å². The molecule has 0 bridgehead atoms. The van der Waals surface area contributed by atoms with E-state index in [4.69, 9.17) is 21.7 Å². The summed E-state index contributed by atoms with van der Waals surface area (Å²) in [5.41, 5.74) is 2.83. The topological polar surface area (TPSA) is 21.7 Å². The first-order valence-electron chi connectivity index (χ1n) is 9.53. The average Bonchev–Trinajstić information content (AvgIpc) is 2.71. The lowest BCUT2D eigenvalue weighted by Crippen LogP contribution is -2.35. The molecule has 0 saturated carbocycles. The largest absolute Gasteiger partial charge is 0.381 e. The molecular weight excluding hydrogens is 393 g/mol. The normalized spacial score (nSPS) is 18.8. The predicted octanol–water partition coefficient (Wildman–Crippen LogP) is 5.34. The van der Waals surface area contributed by atoms with Crippen molar-refractivity contribution >= 4 is 34.7 Å². The standard InChI is InChI=1S/C22H24FNO2S2/c1-24-20(27)7-6-15-4-3-5-19(21(15)24)28-18-13-16(12-17(23)14-18)22(25-2)8-10-26-11-9-22/h3-5,12-14H,6-11H2,1-2H3. The molecule has 2 aliphatic rings. The molecule has 0 radical (unpaired) electrons. The summed E-state index contributed by atoms with van der Waals surface area (Å²) < 4.78 is 25.9. The molecule has 148 valence electrons. The Morgan fingerprint density at radius 1 is 1.18 bits per heavy atom. The van der Waals surface area contributed by atoms with Gasteiger partial charge in [-0.1, -0.05) is 36.1 Å². The summed E-state index contributed by atoms with van der Waals surface area (Å²) in [6, 6.07) is 11.6. The molecular formula is C22H24FNO2S2. The fraction of sp³-hybridized carbons (Fsp3) is 0.409. The summed E-state index contributed by atoms with van der Waals surface area (Å²) in [7, 11) is 3.72. The van der Waals surface area contributed by atoms with Gasteiger partial charge in [0.25, 0.3) is 0 Å². The number of nitrogens with zero attached hydrogens (tertiary/aromatic N) is 1. The monoisotopic (exact) mass is 417 g/mol. The zero-order valence-electron chi connectivity index (χ0n) is 16.2. The number of thiocarbonyl (C=S) groups is 1. The van der Waals surface area contributed by atoms with E-state index >= 15 is 0 Å². The van der Waals surface area contributed by atoms with Crippen molar-refractivity contribution in [1.82, 2.24) is 0 Å². The zero-order chi connectivity index (χ0) is 19.7. The van der Waals surface area contributed by atoms with Gasteiger partial charge in [-0.05, 0) is 41.8 Å². The molecule has 0 atom stereocenters. The lowest BCUT2D eigenvalue weighted by Gasteiger charge is -2.36. The molecule has 0 amide bonds. The smallest absolute Gasteiger partial charge is 0.124 e. The highest BCUT2D eigenvalue weighted by atomic mass is 32.2. The molecule has 0 aliphatic carbocycles. The van der Waals surface area contributed by atoms with Crippen LogP contribution in [0.25, 0.3) is 0 Å². The van der Waals surface area contributed by atoms with Crippen LogP contribution in [0.4, 0.5) is 10.1 Å². The molecule has 2 aromatic rings. The van der Waals surface area contributed by atoms with Crippen LogP contribution < -0.4 is 4.90 Å². The molecule has 6 heteroatoms. The minimum atomic E-state index is -0.482. The second kappa shape index (κ2) is 8.11.